The van der Waals surface area contributed by atoms with Crippen LogP contribution in [0.5, 0.6) is 0 Å². The summed E-state index contributed by atoms with van der Waals surface area (Å²) in [6, 6.07) is -0.0880. The van der Waals surface area contributed by atoms with Gasteiger partial charge in [0.25, 0.3) is 0 Å². The van der Waals surface area contributed by atoms with Crippen LogP contribution in [-0.4, -0.2) is 19.4 Å². The summed E-state index contributed by atoms with van der Waals surface area (Å²) in [6.07, 6.45) is 2.96. The van der Waals surface area contributed by atoms with E-state index in [4.69, 9.17) is 0 Å². The van der Waals surface area contributed by atoms with Crippen molar-refractivity contribution < 1.29 is 4.79 Å². The molecule has 2 heteroatoms. The Morgan fingerprint density at radius 1 is 1.67 bits per heavy atom. The van der Waals surface area contributed by atoms with Crippen LogP contribution in [0.15, 0.2) is 0 Å². The van der Waals surface area contributed by atoms with E-state index in [2.05, 4.69) is 12.2 Å². The topological polar surface area (TPSA) is 29.1 Å². The van der Waals surface area contributed by atoms with Crippen molar-refractivity contribution in [3.05, 3.63) is 0 Å². The smallest absolute Gasteiger partial charge is 0.217 e. The maximum atomic E-state index is 10.1. The van der Waals surface area contributed by atoms with Gasteiger partial charge in [-0.2, -0.15) is 0 Å². The highest BCUT2D eigenvalue weighted by atomic mass is 16.1. The van der Waals surface area contributed by atoms with Crippen LogP contribution < -0.4 is 5.32 Å². The minimum absolute atomic E-state index is 0.0880. The largest absolute Gasteiger partial charge is 0.310 e. The molecule has 0 aromatic heterocycles. The average Bonchev–Trinajstić information content (AvgIpc) is 1.90. The molecule has 0 saturated carbocycles. The predicted octanol–water partition coefficient (Wildman–Crippen LogP) is 0.730. The lowest BCUT2D eigenvalue weighted by Crippen LogP contribution is -2.32. The monoisotopic (exact) mass is 128 g/mol. The third-order valence-electron chi connectivity index (χ3n) is 1.65. The Balaban J connectivity index is 3.63. The van der Waals surface area contributed by atoms with Gasteiger partial charge in [-0.25, -0.2) is 0 Å². The molecule has 0 aromatic rings. The molecular weight excluding hydrogens is 114 g/mol. The molecule has 1 unspecified atom stereocenters. The molecule has 0 saturated heterocycles. The number of carbonyl (C=O) groups excluding carboxylic acids is 1. The van der Waals surface area contributed by atoms with Gasteiger partial charge in [-0.15, -0.1) is 0 Å². The maximum Gasteiger partial charge on any atom is 0.217 e. The van der Waals surface area contributed by atoms with Gasteiger partial charge in [-0.1, -0.05) is 20.3 Å². The van der Waals surface area contributed by atoms with E-state index in [9.17, 15) is 4.79 Å². The Labute approximate surface area is 56.6 Å². The molecule has 2 nitrogen and oxygen atoms in total. The molecule has 1 radical (unpaired) electrons. The van der Waals surface area contributed by atoms with Gasteiger partial charge in [0, 0.05) is 0 Å². The van der Waals surface area contributed by atoms with Gasteiger partial charge in [0.15, 0.2) is 0 Å². The molecule has 0 aliphatic carbocycles. The standard InChI is InChI=1S/C7H14NO/c1-4-6(2)7(5-9)8-3/h6-8H,4H2,1-3H3/t6?,7-/m0/s1. The third kappa shape index (κ3) is 2.61. The average molecular weight is 128 g/mol. The summed E-state index contributed by atoms with van der Waals surface area (Å²) in [5.41, 5.74) is 0. The first-order valence-electron chi connectivity index (χ1n) is 3.31. The number of rotatable bonds is 4. The molecule has 9 heavy (non-hydrogen) atoms. The molecular formula is C7H14NO. The summed E-state index contributed by atoms with van der Waals surface area (Å²) >= 11 is 0. The van der Waals surface area contributed by atoms with Crippen molar-refractivity contribution in [3.63, 3.8) is 0 Å². The van der Waals surface area contributed by atoms with Crippen LogP contribution in [0.25, 0.3) is 0 Å². The van der Waals surface area contributed by atoms with E-state index in [1.807, 2.05) is 13.2 Å². The Morgan fingerprint density at radius 2 is 2.22 bits per heavy atom. The van der Waals surface area contributed by atoms with Gasteiger partial charge in [0.1, 0.15) is 0 Å². The minimum atomic E-state index is -0.0880. The fourth-order valence-electron chi connectivity index (χ4n) is 0.695. The first kappa shape index (κ1) is 8.63. The lowest BCUT2D eigenvalue weighted by molar-refractivity contribution is 0.438. The van der Waals surface area contributed by atoms with Gasteiger partial charge in [0.2, 0.25) is 6.29 Å². The quantitative estimate of drug-likeness (QED) is 0.604. The summed E-state index contributed by atoms with van der Waals surface area (Å²) in [6.45, 7) is 4.10. The lowest BCUT2D eigenvalue weighted by atomic mass is 10.0. The fourth-order valence-corrected chi connectivity index (χ4v) is 0.695. The fraction of sp³-hybridized carbons (Fsp3) is 0.857. The first-order chi connectivity index (χ1) is 4.26. The van der Waals surface area contributed by atoms with Crippen molar-refractivity contribution in [1.82, 2.24) is 5.32 Å². The molecule has 0 aliphatic heterocycles. The zero-order valence-electron chi connectivity index (χ0n) is 6.27. The molecule has 2 atom stereocenters. The second kappa shape index (κ2) is 4.50. The molecule has 0 spiro atoms. The van der Waals surface area contributed by atoms with Crippen LogP contribution in [0.2, 0.25) is 0 Å². The highest BCUT2D eigenvalue weighted by Gasteiger charge is 2.11. The normalized spacial score (nSPS) is 16.8. The number of hydrogen-bond donors (Lipinski definition) is 1. The lowest BCUT2D eigenvalue weighted by Gasteiger charge is -2.13. The summed E-state index contributed by atoms with van der Waals surface area (Å²) in [5, 5.41) is 2.88. The first-order valence-corrected chi connectivity index (χ1v) is 3.31. The van der Waals surface area contributed by atoms with Crippen LogP contribution in [0.1, 0.15) is 20.3 Å². The van der Waals surface area contributed by atoms with Crippen molar-refractivity contribution in [2.45, 2.75) is 26.3 Å². The van der Waals surface area contributed by atoms with E-state index in [0.717, 1.165) is 6.42 Å². The molecule has 0 heterocycles. The zero-order chi connectivity index (χ0) is 7.28. The van der Waals surface area contributed by atoms with Crippen molar-refractivity contribution in [3.8, 4) is 0 Å². The van der Waals surface area contributed by atoms with Crippen molar-refractivity contribution in [2.75, 3.05) is 7.05 Å². The SMILES string of the molecule is CCC(C)[C@H]([C]=O)NC. The van der Waals surface area contributed by atoms with Crippen LogP contribution in [-0.2, 0) is 4.79 Å². The number of hydrogen-bond acceptors (Lipinski definition) is 2. The molecule has 53 valence electrons. The molecule has 0 rings (SSSR count). The van der Waals surface area contributed by atoms with E-state index in [1.165, 1.54) is 0 Å². The van der Waals surface area contributed by atoms with Crippen LogP contribution >= 0.6 is 0 Å². The predicted molar refractivity (Wildman–Crippen MR) is 38.0 cm³/mol. The Bertz CT molecular complexity index is 83.0. The van der Waals surface area contributed by atoms with Crippen molar-refractivity contribution in [2.24, 2.45) is 5.92 Å². The number of nitrogens with one attached hydrogen (secondary N) is 1. The van der Waals surface area contributed by atoms with Crippen molar-refractivity contribution in [1.29, 1.82) is 0 Å². The van der Waals surface area contributed by atoms with E-state index in [-0.39, 0.29) is 6.04 Å². The Kier molecular flexibility index (Phi) is 4.32. The molecule has 0 aliphatic rings. The van der Waals surface area contributed by atoms with Crippen molar-refractivity contribution >= 4 is 6.29 Å². The third-order valence-corrected chi connectivity index (χ3v) is 1.65. The highest BCUT2D eigenvalue weighted by Crippen LogP contribution is 2.03. The molecule has 0 amide bonds. The van der Waals surface area contributed by atoms with E-state index < -0.39 is 0 Å². The van der Waals surface area contributed by atoms with E-state index in [0.29, 0.717) is 5.92 Å². The Hall–Kier alpha value is -0.370. The van der Waals surface area contributed by atoms with E-state index in [1.54, 1.807) is 7.05 Å². The molecule has 0 bridgehead atoms. The highest BCUT2D eigenvalue weighted by molar-refractivity contribution is 5.58. The van der Waals surface area contributed by atoms with Gasteiger partial charge in [0.05, 0.1) is 6.04 Å². The number of likely N-dealkylation sites (N-methyl/N-ethyl adjacent to an activating group) is 1. The van der Waals surface area contributed by atoms with Gasteiger partial charge in [-0.05, 0) is 13.0 Å². The van der Waals surface area contributed by atoms with Crippen LogP contribution in [0.3, 0.4) is 0 Å². The second-order valence-electron chi connectivity index (χ2n) is 2.27. The molecule has 0 fully saturated rings. The minimum Gasteiger partial charge on any atom is -0.310 e. The van der Waals surface area contributed by atoms with Gasteiger partial charge in [-0.3, -0.25) is 4.79 Å². The van der Waals surface area contributed by atoms with Crippen LogP contribution in [0.4, 0.5) is 0 Å². The summed E-state index contributed by atoms with van der Waals surface area (Å²) in [5.74, 6) is 0.396. The Morgan fingerprint density at radius 3 is 2.33 bits per heavy atom. The van der Waals surface area contributed by atoms with E-state index >= 15 is 0 Å². The molecule has 1 N–H and O–H groups in total. The van der Waals surface area contributed by atoms with Gasteiger partial charge >= 0.3 is 0 Å². The second-order valence-corrected chi connectivity index (χ2v) is 2.27. The maximum absolute atomic E-state index is 10.1. The summed E-state index contributed by atoms with van der Waals surface area (Å²) in [4.78, 5) is 10.1. The summed E-state index contributed by atoms with van der Waals surface area (Å²) in [7, 11) is 1.78. The van der Waals surface area contributed by atoms with Crippen LogP contribution in [0, 0.1) is 5.92 Å². The molecule has 0 aromatic carbocycles. The summed E-state index contributed by atoms with van der Waals surface area (Å²) < 4.78 is 0. The van der Waals surface area contributed by atoms with Gasteiger partial charge < -0.3 is 5.32 Å². The zero-order valence-corrected chi connectivity index (χ0v) is 6.27.